The Morgan fingerprint density at radius 2 is 2.30 bits per heavy atom. The van der Waals surface area contributed by atoms with Crippen molar-refractivity contribution in [1.82, 2.24) is 0 Å². The van der Waals surface area contributed by atoms with Crippen LogP contribution in [-0.4, -0.2) is 24.7 Å². The summed E-state index contributed by atoms with van der Waals surface area (Å²) >= 11 is 0. The third-order valence-corrected chi connectivity index (χ3v) is 0.809. The highest BCUT2D eigenvalue weighted by molar-refractivity contribution is 4.82. The van der Waals surface area contributed by atoms with E-state index in [9.17, 15) is 10.1 Å². The molecule has 0 saturated heterocycles. The minimum absolute atomic E-state index is 0.147. The van der Waals surface area contributed by atoms with Crippen molar-refractivity contribution in [3.8, 4) is 12.3 Å². The SMILES string of the molecule is C#CCCOCC[N+](=O)[O-]. The molecule has 0 amide bonds. The minimum Gasteiger partial charge on any atom is -0.374 e. The Morgan fingerprint density at radius 1 is 1.60 bits per heavy atom. The van der Waals surface area contributed by atoms with Gasteiger partial charge in [0, 0.05) is 11.3 Å². The van der Waals surface area contributed by atoms with Gasteiger partial charge in [-0.05, 0) is 0 Å². The van der Waals surface area contributed by atoms with Crippen molar-refractivity contribution in [2.24, 2.45) is 0 Å². The number of nitro groups is 1. The first-order valence-electron chi connectivity index (χ1n) is 2.90. The number of terminal acetylenes is 1. The molecule has 0 radical (unpaired) electrons. The summed E-state index contributed by atoms with van der Waals surface area (Å²) in [7, 11) is 0. The van der Waals surface area contributed by atoms with Crippen LogP contribution in [0.5, 0.6) is 0 Å². The Morgan fingerprint density at radius 3 is 2.80 bits per heavy atom. The van der Waals surface area contributed by atoms with E-state index in [4.69, 9.17) is 11.2 Å². The highest BCUT2D eigenvalue weighted by Gasteiger charge is 1.94. The first-order valence-corrected chi connectivity index (χ1v) is 2.90. The molecule has 0 bridgehead atoms. The van der Waals surface area contributed by atoms with Gasteiger partial charge in [0.1, 0.15) is 6.61 Å². The largest absolute Gasteiger partial charge is 0.374 e. The Bertz CT molecular complexity index is 138. The van der Waals surface area contributed by atoms with E-state index in [0.717, 1.165) is 0 Å². The van der Waals surface area contributed by atoms with Crippen molar-refractivity contribution in [1.29, 1.82) is 0 Å². The number of hydrogen-bond donors (Lipinski definition) is 0. The summed E-state index contributed by atoms with van der Waals surface area (Å²) in [5, 5.41) is 9.72. The number of hydrogen-bond acceptors (Lipinski definition) is 3. The predicted molar refractivity (Wildman–Crippen MR) is 36.1 cm³/mol. The minimum atomic E-state index is -0.421. The third-order valence-electron chi connectivity index (χ3n) is 0.809. The molecule has 0 aromatic rings. The topological polar surface area (TPSA) is 52.4 Å². The molecule has 0 heterocycles. The van der Waals surface area contributed by atoms with Crippen molar-refractivity contribution < 1.29 is 9.66 Å². The number of ether oxygens (including phenoxy) is 1. The summed E-state index contributed by atoms with van der Waals surface area (Å²) < 4.78 is 4.80. The highest BCUT2D eigenvalue weighted by Crippen LogP contribution is 1.79. The van der Waals surface area contributed by atoms with E-state index in [1.54, 1.807) is 0 Å². The first kappa shape index (κ1) is 8.92. The van der Waals surface area contributed by atoms with Crippen LogP contribution in [0.2, 0.25) is 0 Å². The molecule has 0 aliphatic heterocycles. The number of rotatable bonds is 5. The maximum atomic E-state index is 9.72. The van der Waals surface area contributed by atoms with Crippen LogP contribution in [0, 0.1) is 22.5 Å². The lowest BCUT2D eigenvalue weighted by Crippen LogP contribution is -2.09. The van der Waals surface area contributed by atoms with Crippen LogP contribution < -0.4 is 0 Å². The van der Waals surface area contributed by atoms with Gasteiger partial charge in [-0.2, -0.15) is 0 Å². The first-order chi connectivity index (χ1) is 4.77. The Labute approximate surface area is 59.3 Å². The van der Waals surface area contributed by atoms with Gasteiger partial charge in [0.05, 0.1) is 6.61 Å². The second kappa shape index (κ2) is 6.05. The standard InChI is InChI=1S/C6H9NO3/c1-2-3-5-10-6-4-7(8)9/h1H,3-6H2. The molecule has 56 valence electrons. The lowest BCUT2D eigenvalue weighted by molar-refractivity contribution is -0.483. The molecule has 10 heavy (non-hydrogen) atoms. The molecule has 4 nitrogen and oxygen atoms in total. The molecule has 0 N–H and O–H groups in total. The molecule has 0 aromatic heterocycles. The van der Waals surface area contributed by atoms with Crippen LogP contribution in [0.1, 0.15) is 6.42 Å². The summed E-state index contributed by atoms with van der Waals surface area (Å²) in [5.41, 5.74) is 0. The molecule has 0 spiro atoms. The van der Waals surface area contributed by atoms with E-state index in [1.807, 2.05) is 0 Å². The second-order valence-corrected chi connectivity index (χ2v) is 1.62. The van der Waals surface area contributed by atoms with Gasteiger partial charge in [-0.15, -0.1) is 12.3 Å². The normalized spacial score (nSPS) is 8.70. The highest BCUT2D eigenvalue weighted by atomic mass is 16.6. The van der Waals surface area contributed by atoms with Crippen molar-refractivity contribution in [3.63, 3.8) is 0 Å². The van der Waals surface area contributed by atoms with E-state index < -0.39 is 4.92 Å². The van der Waals surface area contributed by atoms with E-state index in [-0.39, 0.29) is 13.2 Å². The predicted octanol–water partition coefficient (Wildman–Crippen LogP) is 0.303. The van der Waals surface area contributed by atoms with Gasteiger partial charge in [0.25, 0.3) is 0 Å². The maximum absolute atomic E-state index is 9.72. The summed E-state index contributed by atoms with van der Waals surface area (Å²) in [6, 6.07) is 0. The molecule has 0 rings (SSSR count). The molecule has 0 atom stereocenters. The molecule has 0 aromatic carbocycles. The Balaban J connectivity index is 2.92. The molecular formula is C6H9NO3. The van der Waals surface area contributed by atoms with Gasteiger partial charge in [-0.25, -0.2) is 0 Å². The average Bonchev–Trinajstić information content (AvgIpc) is 1.87. The summed E-state index contributed by atoms with van der Waals surface area (Å²) in [4.78, 5) is 9.30. The molecule has 0 fully saturated rings. The Kier molecular flexibility index (Phi) is 5.39. The van der Waals surface area contributed by atoms with E-state index >= 15 is 0 Å². The van der Waals surface area contributed by atoms with Crippen LogP contribution in [0.4, 0.5) is 0 Å². The second-order valence-electron chi connectivity index (χ2n) is 1.62. The average molecular weight is 143 g/mol. The van der Waals surface area contributed by atoms with Gasteiger partial charge in [-0.3, -0.25) is 10.1 Å². The van der Waals surface area contributed by atoms with Crippen molar-refractivity contribution in [2.75, 3.05) is 19.8 Å². The quantitative estimate of drug-likeness (QED) is 0.241. The lowest BCUT2D eigenvalue weighted by Gasteiger charge is -1.95. The third kappa shape index (κ3) is 6.92. The smallest absolute Gasteiger partial charge is 0.226 e. The maximum Gasteiger partial charge on any atom is 0.226 e. The van der Waals surface area contributed by atoms with Crippen LogP contribution >= 0.6 is 0 Å². The summed E-state index contributed by atoms with van der Waals surface area (Å²) in [6.07, 6.45) is 5.42. The molecular weight excluding hydrogens is 134 g/mol. The molecule has 0 aliphatic carbocycles. The van der Waals surface area contributed by atoms with Gasteiger partial charge in [0.15, 0.2) is 0 Å². The molecule has 0 aliphatic rings. The van der Waals surface area contributed by atoms with Crippen LogP contribution in [0.3, 0.4) is 0 Å². The van der Waals surface area contributed by atoms with Crippen LogP contribution in [-0.2, 0) is 4.74 Å². The lowest BCUT2D eigenvalue weighted by atomic mass is 10.5. The number of nitrogens with zero attached hydrogens (tertiary/aromatic N) is 1. The zero-order valence-electron chi connectivity index (χ0n) is 5.58. The zero-order chi connectivity index (χ0) is 7.82. The van der Waals surface area contributed by atoms with E-state index in [1.165, 1.54) is 0 Å². The summed E-state index contributed by atoms with van der Waals surface area (Å²) in [6.45, 7) is 0.406. The van der Waals surface area contributed by atoms with E-state index in [2.05, 4.69) is 5.92 Å². The van der Waals surface area contributed by atoms with E-state index in [0.29, 0.717) is 13.0 Å². The van der Waals surface area contributed by atoms with Gasteiger partial charge < -0.3 is 4.74 Å². The fraction of sp³-hybridized carbons (Fsp3) is 0.667. The van der Waals surface area contributed by atoms with Crippen molar-refractivity contribution in [2.45, 2.75) is 6.42 Å². The van der Waals surface area contributed by atoms with Crippen LogP contribution in [0.15, 0.2) is 0 Å². The fourth-order valence-corrected chi connectivity index (χ4v) is 0.372. The van der Waals surface area contributed by atoms with Gasteiger partial charge in [0.2, 0.25) is 6.54 Å². The van der Waals surface area contributed by atoms with Gasteiger partial charge in [-0.1, -0.05) is 0 Å². The van der Waals surface area contributed by atoms with Crippen molar-refractivity contribution in [3.05, 3.63) is 10.1 Å². The fourth-order valence-electron chi connectivity index (χ4n) is 0.372. The van der Waals surface area contributed by atoms with Crippen molar-refractivity contribution >= 4 is 0 Å². The molecule has 0 saturated carbocycles. The zero-order valence-corrected chi connectivity index (χ0v) is 5.58. The Hall–Kier alpha value is -1.08. The molecule has 4 heteroatoms. The molecule has 0 unspecified atom stereocenters. The summed E-state index contributed by atoms with van der Waals surface area (Å²) in [5.74, 6) is 2.36. The van der Waals surface area contributed by atoms with Gasteiger partial charge >= 0.3 is 0 Å². The monoisotopic (exact) mass is 143 g/mol. The van der Waals surface area contributed by atoms with Crippen LogP contribution in [0.25, 0.3) is 0 Å².